The van der Waals surface area contributed by atoms with Crippen LogP contribution in [0.5, 0.6) is 0 Å². The Morgan fingerprint density at radius 3 is 2.55 bits per heavy atom. The molecule has 1 aliphatic carbocycles. The molecule has 0 radical (unpaired) electrons. The van der Waals surface area contributed by atoms with E-state index in [0.29, 0.717) is 24.0 Å². The molecular weight excluding hydrogens is 395 g/mol. The van der Waals surface area contributed by atoms with Gasteiger partial charge in [-0.25, -0.2) is 9.07 Å². The van der Waals surface area contributed by atoms with Gasteiger partial charge in [-0.15, -0.1) is 5.10 Å². The highest BCUT2D eigenvalue weighted by Crippen LogP contribution is 2.32. The van der Waals surface area contributed by atoms with E-state index in [1.807, 2.05) is 16.8 Å². The molecule has 2 aromatic rings. The van der Waals surface area contributed by atoms with E-state index in [0.717, 1.165) is 45.6 Å². The van der Waals surface area contributed by atoms with Gasteiger partial charge in [-0.1, -0.05) is 37.5 Å². The van der Waals surface area contributed by atoms with Crippen molar-refractivity contribution >= 4 is 0 Å². The van der Waals surface area contributed by atoms with Crippen molar-refractivity contribution in [2.24, 2.45) is 0 Å². The molecule has 1 aromatic carbocycles. The van der Waals surface area contributed by atoms with E-state index >= 15 is 0 Å². The maximum atomic E-state index is 15.0. The molecule has 168 valence electrons. The molecule has 0 unspecified atom stereocenters. The van der Waals surface area contributed by atoms with E-state index in [-0.39, 0.29) is 18.0 Å². The van der Waals surface area contributed by atoms with Crippen molar-refractivity contribution in [3.05, 3.63) is 41.5 Å². The fourth-order valence-corrected chi connectivity index (χ4v) is 5.52. The van der Waals surface area contributed by atoms with Crippen LogP contribution >= 0.6 is 0 Å². The maximum Gasteiger partial charge on any atom is 0.173 e. The van der Waals surface area contributed by atoms with Crippen molar-refractivity contribution in [1.82, 2.24) is 30.0 Å². The van der Waals surface area contributed by atoms with Crippen LogP contribution < -0.4 is 0 Å². The predicted octanol–water partition coefficient (Wildman–Crippen LogP) is 3.03. The summed E-state index contributed by atoms with van der Waals surface area (Å²) in [5, 5.41) is 12.6. The van der Waals surface area contributed by atoms with Gasteiger partial charge >= 0.3 is 0 Å². The Kier molecular flexibility index (Phi) is 6.57. The number of benzene rings is 1. The third kappa shape index (κ3) is 4.66. The number of ether oxygens (including phenoxy) is 1. The first-order chi connectivity index (χ1) is 15.3. The summed E-state index contributed by atoms with van der Waals surface area (Å²) >= 11 is 0. The standard InChI is InChI=1S/C23H33FN6O/c24-21-11-5-4-10-20(21)22(23-25-26-27-30(23)17-19-9-6-16-31-19)29-14-12-28(13-15-29)18-7-2-1-3-8-18/h4-5,10-11,18-19,22H,1-3,6-9,12-17H2/t19-,22-/m0/s1. The van der Waals surface area contributed by atoms with E-state index in [1.54, 1.807) is 6.07 Å². The predicted molar refractivity (Wildman–Crippen MR) is 115 cm³/mol. The molecule has 2 aliphatic heterocycles. The number of aromatic nitrogens is 4. The van der Waals surface area contributed by atoms with Gasteiger partial charge in [-0.05, 0) is 42.2 Å². The minimum absolute atomic E-state index is 0.131. The largest absolute Gasteiger partial charge is 0.376 e. The zero-order valence-electron chi connectivity index (χ0n) is 18.2. The monoisotopic (exact) mass is 428 g/mol. The summed E-state index contributed by atoms with van der Waals surface area (Å²) in [6, 6.07) is 7.48. The van der Waals surface area contributed by atoms with Crippen LogP contribution in [0.4, 0.5) is 4.39 Å². The van der Waals surface area contributed by atoms with Gasteiger partial charge in [-0.3, -0.25) is 9.80 Å². The summed E-state index contributed by atoms with van der Waals surface area (Å²) in [6.07, 6.45) is 8.92. The zero-order valence-corrected chi connectivity index (χ0v) is 18.2. The van der Waals surface area contributed by atoms with Crippen LogP contribution in [0.25, 0.3) is 0 Å². The first kappa shape index (κ1) is 21.0. The summed E-state index contributed by atoms with van der Waals surface area (Å²) < 4.78 is 22.6. The van der Waals surface area contributed by atoms with Gasteiger partial charge in [0.15, 0.2) is 5.82 Å². The smallest absolute Gasteiger partial charge is 0.173 e. The van der Waals surface area contributed by atoms with Crippen molar-refractivity contribution in [2.45, 2.75) is 69.7 Å². The quantitative estimate of drug-likeness (QED) is 0.705. The lowest BCUT2D eigenvalue weighted by molar-refractivity contribution is 0.0588. The van der Waals surface area contributed by atoms with Crippen LogP contribution in [0.1, 0.15) is 62.4 Å². The molecular formula is C23H33FN6O. The van der Waals surface area contributed by atoms with Gasteiger partial charge in [0, 0.05) is 44.4 Å². The Bertz CT molecular complexity index is 840. The van der Waals surface area contributed by atoms with Crippen LogP contribution in [0, 0.1) is 5.82 Å². The average Bonchev–Trinajstić information content (AvgIpc) is 3.49. The van der Waals surface area contributed by atoms with Crippen molar-refractivity contribution < 1.29 is 9.13 Å². The highest BCUT2D eigenvalue weighted by molar-refractivity contribution is 5.26. The Balaban J connectivity index is 1.38. The van der Waals surface area contributed by atoms with Crippen molar-refractivity contribution in [3.63, 3.8) is 0 Å². The molecule has 8 heteroatoms. The second kappa shape index (κ2) is 9.71. The fraction of sp³-hybridized carbons (Fsp3) is 0.696. The molecule has 7 nitrogen and oxygen atoms in total. The zero-order chi connectivity index (χ0) is 21.0. The Morgan fingerprint density at radius 1 is 1.00 bits per heavy atom. The second-order valence-electron chi connectivity index (χ2n) is 9.14. The Labute approximate surface area is 183 Å². The molecule has 3 fully saturated rings. The van der Waals surface area contributed by atoms with Crippen molar-refractivity contribution in [2.75, 3.05) is 32.8 Å². The molecule has 2 saturated heterocycles. The van der Waals surface area contributed by atoms with Crippen LogP contribution in [0.15, 0.2) is 24.3 Å². The highest BCUT2D eigenvalue weighted by atomic mass is 19.1. The van der Waals surface area contributed by atoms with Crippen molar-refractivity contribution in [1.29, 1.82) is 0 Å². The van der Waals surface area contributed by atoms with Gasteiger partial charge in [0.05, 0.1) is 12.6 Å². The highest BCUT2D eigenvalue weighted by Gasteiger charge is 2.34. The molecule has 31 heavy (non-hydrogen) atoms. The maximum absolute atomic E-state index is 15.0. The molecule has 3 aliphatic rings. The molecule has 0 bridgehead atoms. The van der Waals surface area contributed by atoms with Gasteiger partial charge in [0.25, 0.3) is 0 Å². The lowest BCUT2D eigenvalue weighted by atomic mass is 9.93. The number of rotatable bonds is 6. The third-order valence-corrected chi connectivity index (χ3v) is 7.21. The molecule has 0 N–H and O–H groups in total. The Hall–Kier alpha value is -1.90. The van der Waals surface area contributed by atoms with Gasteiger partial charge in [-0.2, -0.15) is 0 Å². The van der Waals surface area contributed by atoms with Crippen molar-refractivity contribution in [3.8, 4) is 0 Å². The number of hydrogen-bond acceptors (Lipinski definition) is 6. The van der Waals surface area contributed by atoms with E-state index in [1.165, 1.54) is 38.2 Å². The molecule has 0 spiro atoms. The van der Waals surface area contributed by atoms with Crippen LogP contribution in [-0.2, 0) is 11.3 Å². The van der Waals surface area contributed by atoms with Crippen LogP contribution in [0.2, 0.25) is 0 Å². The summed E-state index contributed by atoms with van der Waals surface area (Å²) in [7, 11) is 0. The number of nitrogens with zero attached hydrogens (tertiary/aromatic N) is 6. The number of halogens is 1. The third-order valence-electron chi connectivity index (χ3n) is 7.21. The minimum Gasteiger partial charge on any atom is -0.376 e. The summed E-state index contributed by atoms with van der Waals surface area (Å²) in [4.78, 5) is 5.00. The number of piperazine rings is 1. The molecule has 1 saturated carbocycles. The molecule has 3 heterocycles. The van der Waals surface area contributed by atoms with Gasteiger partial charge < -0.3 is 4.74 Å². The summed E-state index contributed by atoms with van der Waals surface area (Å²) in [5.74, 6) is 0.514. The lowest BCUT2D eigenvalue weighted by Gasteiger charge is -2.43. The van der Waals surface area contributed by atoms with Crippen LogP contribution in [-0.4, -0.2) is 74.9 Å². The summed E-state index contributed by atoms with van der Waals surface area (Å²) in [5.41, 5.74) is 0.650. The van der Waals surface area contributed by atoms with Crippen LogP contribution in [0.3, 0.4) is 0 Å². The number of hydrogen-bond donors (Lipinski definition) is 0. The Morgan fingerprint density at radius 2 is 1.81 bits per heavy atom. The fourth-order valence-electron chi connectivity index (χ4n) is 5.52. The second-order valence-corrected chi connectivity index (χ2v) is 9.14. The van der Waals surface area contributed by atoms with Gasteiger partial charge in [0.1, 0.15) is 11.9 Å². The normalized spacial score (nSPS) is 25.1. The molecule has 1 aromatic heterocycles. The molecule has 5 rings (SSSR count). The SMILES string of the molecule is Fc1ccccc1[C@@H](c1nnnn1C[C@@H]1CCCO1)N1CCN(C2CCCCC2)CC1. The minimum atomic E-state index is -0.286. The van der Waals surface area contributed by atoms with E-state index in [9.17, 15) is 4.39 Å². The average molecular weight is 429 g/mol. The molecule has 0 amide bonds. The molecule has 2 atom stereocenters. The lowest BCUT2D eigenvalue weighted by Crippen LogP contribution is -2.52. The summed E-state index contributed by atoms with van der Waals surface area (Å²) in [6.45, 7) is 5.23. The number of tetrazole rings is 1. The van der Waals surface area contributed by atoms with Gasteiger partial charge in [0.2, 0.25) is 0 Å². The topological polar surface area (TPSA) is 59.3 Å². The van der Waals surface area contributed by atoms with E-state index < -0.39 is 0 Å². The van der Waals surface area contributed by atoms with E-state index in [4.69, 9.17) is 4.74 Å². The first-order valence-electron chi connectivity index (χ1n) is 11.9. The first-order valence-corrected chi connectivity index (χ1v) is 11.9. The van der Waals surface area contributed by atoms with E-state index in [2.05, 4.69) is 25.3 Å².